The minimum atomic E-state index is 0.625. The number of anilines is 2. The molecule has 1 heterocycles. The summed E-state index contributed by atoms with van der Waals surface area (Å²) in [6.07, 6.45) is 2.51. The Kier molecular flexibility index (Phi) is 5.64. The van der Waals surface area contributed by atoms with Gasteiger partial charge in [0.15, 0.2) is 0 Å². The molecule has 0 saturated heterocycles. The molecule has 0 aliphatic rings. The predicted molar refractivity (Wildman–Crippen MR) is 99.4 cm³/mol. The molecule has 4 nitrogen and oxygen atoms in total. The van der Waals surface area contributed by atoms with Crippen LogP contribution < -0.4 is 10.6 Å². The van der Waals surface area contributed by atoms with Crippen LogP contribution in [0.25, 0.3) is 0 Å². The van der Waals surface area contributed by atoms with Crippen LogP contribution >= 0.6 is 11.6 Å². The van der Waals surface area contributed by atoms with Crippen molar-refractivity contribution in [1.82, 2.24) is 9.97 Å². The first kappa shape index (κ1) is 16.3. The zero-order valence-electron chi connectivity index (χ0n) is 13.2. The summed E-state index contributed by atoms with van der Waals surface area (Å²) in [7, 11) is 0. The van der Waals surface area contributed by atoms with Crippen molar-refractivity contribution in [3.63, 3.8) is 0 Å². The van der Waals surface area contributed by atoms with Gasteiger partial charge in [-0.15, -0.1) is 0 Å². The minimum Gasteiger partial charge on any atom is -0.370 e. The monoisotopic (exact) mass is 338 g/mol. The number of hydrogen-bond donors (Lipinski definition) is 2. The van der Waals surface area contributed by atoms with Crippen molar-refractivity contribution in [2.45, 2.75) is 13.0 Å². The summed E-state index contributed by atoms with van der Waals surface area (Å²) >= 11 is 6.16. The first-order valence-corrected chi connectivity index (χ1v) is 8.26. The summed E-state index contributed by atoms with van der Waals surface area (Å²) in [5.74, 6) is 1.58. The smallest absolute Gasteiger partial charge is 0.131 e. The number of nitrogens with zero attached hydrogens (tertiary/aromatic N) is 2. The van der Waals surface area contributed by atoms with E-state index in [0.717, 1.165) is 35.2 Å². The van der Waals surface area contributed by atoms with Gasteiger partial charge in [-0.05, 0) is 23.6 Å². The van der Waals surface area contributed by atoms with Crippen LogP contribution in [0.15, 0.2) is 67.0 Å². The highest BCUT2D eigenvalue weighted by atomic mass is 35.5. The van der Waals surface area contributed by atoms with Crippen molar-refractivity contribution in [2.75, 3.05) is 17.2 Å². The number of halogens is 1. The zero-order chi connectivity index (χ0) is 16.6. The van der Waals surface area contributed by atoms with Gasteiger partial charge in [0.25, 0.3) is 0 Å². The quantitative estimate of drug-likeness (QED) is 0.670. The highest BCUT2D eigenvalue weighted by Crippen LogP contribution is 2.17. The fraction of sp³-hybridized carbons (Fsp3) is 0.158. The Morgan fingerprint density at radius 2 is 1.54 bits per heavy atom. The van der Waals surface area contributed by atoms with E-state index in [2.05, 4.69) is 44.9 Å². The number of hydrogen-bond acceptors (Lipinski definition) is 4. The largest absolute Gasteiger partial charge is 0.370 e. The van der Waals surface area contributed by atoms with Gasteiger partial charge >= 0.3 is 0 Å². The lowest BCUT2D eigenvalue weighted by Crippen LogP contribution is -2.08. The van der Waals surface area contributed by atoms with E-state index in [1.54, 1.807) is 6.33 Å². The van der Waals surface area contributed by atoms with E-state index in [0.29, 0.717) is 6.54 Å². The van der Waals surface area contributed by atoms with Gasteiger partial charge in [0.1, 0.15) is 18.0 Å². The summed E-state index contributed by atoms with van der Waals surface area (Å²) < 4.78 is 0. The molecule has 2 aromatic carbocycles. The molecule has 0 spiro atoms. The first-order valence-electron chi connectivity index (χ1n) is 7.88. The van der Waals surface area contributed by atoms with Gasteiger partial charge in [-0.1, -0.05) is 60.1 Å². The maximum Gasteiger partial charge on any atom is 0.131 e. The molecule has 3 aromatic rings. The summed E-state index contributed by atoms with van der Waals surface area (Å²) in [4.78, 5) is 8.50. The van der Waals surface area contributed by atoms with E-state index < -0.39 is 0 Å². The predicted octanol–water partition coefficient (Wildman–Crippen LogP) is 4.40. The number of aromatic nitrogens is 2. The SMILES string of the molecule is Clc1ccccc1CNc1cc(NCCc2ccccc2)ncn1. The molecule has 0 amide bonds. The summed E-state index contributed by atoms with van der Waals surface area (Å²) in [5.41, 5.74) is 2.34. The topological polar surface area (TPSA) is 49.8 Å². The van der Waals surface area contributed by atoms with Gasteiger partial charge in [-0.2, -0.15) is 0 Å². The van der Waals surface area contributed by atoms with Crippen molar-refractivity contribution in [2.24, 2.45) is 0 Å². The van der Waals surface area contributed by atoms with Crippen molar-refractivity contribution in [3.8, 4) is 0 Å². The highest BCUT2D eigenvalue weighted by molar-refractivity contribution is 6.31. The second kappa shape index (κ2) is 8.31. The molecule has 0 fully saturated rings. The maximum atomic E-state index is 6.16. The zero-order valence-corrected chi connectivity index (χ0v) is 14.0. The van der Waals surface area contributed by atoms with E-state index in [1.807, 2.05) is 36.4 Å². The average Bonchev–Trinajstić information content (AvgIpc) is 2.62. The Labute approximate surface area is 146 Å². The van der Waals surface area contributed by atoms with Crippen LogP contribution in [-0.2, 0) is 13.0 Å². The maximum absolute atomic E-state index is 6.16. The van der Waals surface area contributed by atoms with Gasteiger partial charge in [0.05, 0.1) is 0 Å². The van der Waals surface area contributed by atoms with Crippen molar-refractivity contribution >= 4 is 23.2 Å². The lowest BCUT2D eigenvalue weighted by molar-refractivity contribution is 0.996. The number of rotatable bonds is 7. The molecule has 0 aliphatic heterocycles. The normalized spacial score (nSPS) is 10.4. The van der Waals surface area contributed by atoms with E-state index >= 15 is 0 Å². The molecular weight excluding hydrogens is 320 g/mol. The Hall–Kier alpha value is -2.59. The second-order valence-corrected chi connectivity index (χ2v) is 5.80. The van der Waals surface area contributed by atoms with Crippen LogP contribution in [0.2, 0.25) is 5.02 Å². The molecule has 0 saturated carbocycles. The number of nitrogens with one attached hydrogen (secondary N) is 2. The van der Waals surface area contributed by atoms with Gasteiger partial charge < -0.3 is 10.6 Å². The van der Waals surface area contributed by atoms with E-state index in [9.17, 15) is 0 Å². The van der Waals surface area contributed by atoms with Crippen molar-refractivity contribution in [3.05, 3.63) is 83.1 Å². The lowest BCUT2D eigenvalue weighted by atomic mass is 10.1. The van der Waals surface area contributed by atoms with Crippen LogP contribution in [0, 0.1) is 0 Å². The molecule has 0 radical (unpaired) electrons. The summed E-state index contributed by atoms with van der Waals surface area (Å²) in [6.45, 7) is 1.45. The Morgan fingerprint density at radius 1 is 0.833 bits per heavy atom. The standard InChI is InChI=1S/C19H19ClN4/c20-17-9-5-4-8-16(17)13-22-19-12-18(23-14-24-19)21-11-10-15-6-2-1-3-7-15/h1-9,12,14H,10-11,13H2,(H2,21,22,23,24). The fourth-order valence-corrected chi connectivity index (χ4v) is 2.56. The molecule has 5 heteroatoms. The molecule has 0 unspecified atom stereocenters. The van der Waals surface area contributed by atoms with E-state index in [1.165, 1.54) is 5.56 Å². The Balaban J connectivity index is 1.53. The van der Waals surface area contributed by atoms with Gasteiger partial charge in [0, 0.05) is 24.2 Å². The molecular formula is C19H19ClN4. The Morgan fingerprint density at radius 3 is 2.33 bits per heavy atom. The third-order valence-electron chi connectivity index (χ3n) is 3.65. The van der Waals surface area contributed by atoms with Crippen LogP contribution in [0.1, 0.15) is 11.1 Å². The average molecular weight is 339 g/mol. The fourth-order valence-electron chi connectivity index (χ4n) is 2.36. The molecule has 1 aromatic heterocycles. The summed E-state index contributed by atoms with van der Waals surface area (Å²) in [6, 6.07) is 20.1. The van der Waals surface area contributed by atoms with Crippen LogP contribution in [0.3, 0.4) is 0 Å². The third kappa shape index (κ3) is 4.70. The molecule has 2 N–H and O–H groups in total. The molecule has 24 heavy (non-hydrogen) atoms. The lowest BCUT2D eigenvalue weighted by Gasteiger charge is -2.09. The molecule has 0 bridgehead atoms. The van der Waals surface area contributed by atoms with Gasteiger partial charge in [-0.3, -0.25) is 0 Å². The van der Waals surface area contributed by atoms with Crippen molar-refractivity contribution < 1.29 is 0 Å². The van der Waals surface area contributed by atoms with Crippen molar-refractivity contribution in [1.29, 1.82) is 0 Å². The highest BCUT2D eigenvalue weighted by Gasteiger charge is 2.01. The second-order valence-electron chi connectivity index (χ2n) is 5.40. The van der Waals surface area contributed by atoms with E-state index in [4.69, 9.17) is 11.6 Å². The summed E-state index contributed by atoms with van der Waals surface area (Å²) in [5, 5.41) is 7.35. The van der Waals surface area contributed by atoms with Crippen LogP contribution in [0.4, 0.5) is 11.6 Å². The molecule has 0 atom stereocenters. The first-order chi connectivity index (χ1) is 11.8. The molecule has 3 rings (SSSR count). The molecule has 122 valence electrons. The van der Waals surface area contributed by atoms with E-state index in [-0.39, 0.29) is 0 Å². The Bertz CT molecular complexity index is 777. The third-order valence-corrected chi connectivity index (χ3v) is 4.02. The van der Waals surface area contributed by atoms with Gasteiger partial charge in [0.2, 0.25) is 0 Å². The van der Waals surface area contributed by atoms with Gasteiger partial charge in [-0.25, -0.2) is 9.97 Å². The van der Waals surface area contributed by atoms with Crippen LogP contribution in [0.5, 0.6) is 0 Å². The number of benzene rings is 2. The van der Waals surface area contributed by atoms with Crippen LogP contribution in [-0.4, -0.2) is 16.5 Å². The molecule has 0 aliphatic carbocycles. The minimum absolute atomic E-state index is 0.625.